The van der Waals surface area contributed by atoms with E-state index in [1.165, 1.54) is 0 Å². The monoisotopic (exact) mass is 254 g/mol. The Morgan fingerprint density at radius 1 is 1.47 bits per heavy atom. The van der Waals surface area contributed by atoms with Gasteiger partial charge in [-0.2, -0.15) is 0 Å². The lowest BCUT2D eigenvalue weighted by Gasteiger charge is -2.37. The summed E-state index contributed by atoms with van der Waals surface area (Å²) in [7, 11) is 0. The molecule has 1 heterocycles. The first-order valence-corrected chi connectivity index (χ1v) is 5.94. The molecule has 0 saturated carbocycles. The van der Waals surface area contributed by atoms with E-state index in [2.05, 4.69) is 5.32 Å². The maximum Gasteiger partial charge on any atom is 0.238 e. The molecule has 0 aliphatic carbocycles. The molecule has 92 valence electrons. The number of para-hydroxylation sites is 1. The van der Waals surface area contributed by atoms with E-state index in [0.29, 0.717) is 23.2 Å². The molecule has 1 aromatic rings. The minimum Gasteiger partial charge on any atom is -0.396 e. The van der Waals surface area contributed by atoms with Gasteiger partial charge >= 0.3 is 0 Å². The fourth-order valence-corrected chi connectivity index (χ4v) is 2.06. The van der Waals surface area contributed by atoms with Gasteiger partial charge in [0.25, 0.3) is 0 Å². The Bertz CT molecular complexity index is 405. The standard InChI is InChI=1S/C12H15ClN2O2/c13-10-3-1-2-4-11(10)14-12(17)7-15-5-9(6-15)8-16/h1-4,9,16H,5-8H2,(H,14,17). The van der Waals surface area contributed by atoms with Crippen molar-refractivity contribution >= 4 is 23.2 Å². The molecule has 0 aromatic heterocycles. The van der Waals surface area contributed by atoms with E-state index in [1.807, 2.05) is 17.0 Å². The summed E-state index contributed by atoms with van der Waals surface area (Å²) in [6.45, 7) is 2.11. The van der Waals surface area contributed by atoms with Gasteiger partial charge in [0.15, 0.2) is 0 Å². The van der Waals surface area contributed by atoms with Crippen LogP contribution in [0.4, 0.5) is 5.69 Å². The number of carbonyl (C=O) groups excluding carboxylic acids is 1. The van der Waals surface area contributed by atoms with Gasteiger partial charge in [-0.25, -0.2) is 0 Å². The number of carbonyl (C=O) groups is 1. The molecule has 0 spiro atoms. The topological polar surface area (TPSA) is 52.6 Å². The number of halogens is 1. The number of likely N-dealkylation sites (tertiary alicyclic amines) is 1. The SMILES string of the molecule is O=C(CN1CC(CO)C1)Nc1ccccc1Cl. The minimum atomic E-state index is -0.0745. The summed E-state index contributed by atoms with van der Waals surface area (Å²) in [5, 5.41) is 12.2. The molecule has 1 aliphatic rings. The average molecular weight is 255 g/mol. The van der Waals surface area contributed by atoms with E-state index in [9.17, 15) is 4.79 Å². The summed E-state index contributed by atoms with van der Waals surface area (Å²) in [5.41, 5.74) is 0.637. The van der Waals surface area contributed by atoms with Crippen LogP contribution < -0.4 is 5.32 Å². The van der Waals surface area contributed by atoms with Gasteiger partial charge < -0.3 is 10.4 Å². The molecular formula is C12H15ClN2O2. The van der Waals surface area contributed by atoms with Crippen molar-refractivity contribution in [3.05, 3.63) is 29.3 Å². The predicted octanol–water partition coefficient (Wildman–Crippen LogP) is 1.20. The maximum absolute atomic E-state index is 11.7. The molecule has 1 aromatic carbocycles. The van der Waals surface area contributed by atoms with Crippen LogP contribution in [-0.2, 0) is 4.79 Å². The fourth-order valence-electron chi connectivity index (χ4n) is 1.88. The van der Waals surface area contributed by atoms with Gasteiger partial charge in [0.1, 0.15) is 0 Å². The van der Waals surface area contributed by atoms with E-state index < -0.39 is 0 Å². The zero-order valence-electron chi connectivity index (χ0n) is 9.40. The molecular weight excluding hydrogens is 240 g/mol. The second-order valence-electron chi connectivity index (χ2n) is 4.27. The first-order valence-electron chi connectivity index (χ1n) is 5.56. The second kappa shape index (κ2) is 5.49. The highest BCUT2D eigenvalue weighted by Gasteiger charge is 2.27. The number of aliphatic hydroxyl groups excluding tert-OH is 1. The van der Waals surface area contributed by atoms with E-state index >= 15 is 0 Å². The zero-order valence-corrected chi connectivity index (χ0v) is 10.2. The molecule has 4 nitrogen and oxygen atoms in total. The van der Waals surface area contributed by atoms with Gasteiger partial charge in [0, 0.05) is 25.6 Å². The maximum atomic E-state index is 11.7. The van der Waals surface area contributed by atoms with E-state index in [-0.39, 0.29) is 12.5 Å². The Balaban J connectivity index is 1.80. The summed E-state index contributed by atoms with van der Waals surface area (Å²) >= 11 is 5.94. The Kier molecular flexibility index (Phi) is 3.99. The number of rotatable bonds is 4. The van der Waals surface area contributed by atoms with Crippen LogP contribution in [0.1, 0.15) is 0 Å². The molecule has 1 saturated heterocycles. The van der Waals surface area contributed by atoms with E-state index in [4.69, 9.17) is 16.7 Å². The summed E-state index contributed by atoms with van der Waals surface area (Å²) in [4.78, 5) is 13.7. The number of hydrogen-bond donors (Lipinski definition) is 2. The van der Waals surface area contributed by atoms with Crippen LogP contribution in [0.3, 0.4) is 0 Å². The second-order valence-corrected chi connectivity index (χ2v) is 4.68. The molecule has 0 unspecified atom stereocenters. The lowest BCUT2D eigenvalue weighted by atomic mass is 10.0. The van der Waals surface area contributed by atoms with Crippen molar-refractivity contribution in [1.82, 2.24) is 4.90 Å². The molecule has 1 aliphatic heterocycles. The van der Waals surface area contributed by atoms with Gasteiger partial charge in [0.05, 0.1) is 17.3 Å². The number of hydrogen-bond acceptors (Lipinski definition) is 3. The number of amides is 1. The van der Waals surface area contributed by atoms with Crippen molar-refractivity contribution < 1.29 is 9.90 Å². The smallest absolute Gasteiger partial charge is 0.238 e. The molecule has 0 bridgehead atoms. The van der Waals surface area contributed by atoms with Crippen molar-refractivity contribution in [3.8, 4) is 0 Å². The summed E-state index contributed by atoms with van der Waals surface area (Å²) in [5.74, 6) is 0.248. The predicted molar refractivity (Wildman–Crippen MR) is 67.1 cm³/mol. The van der Waals surface area contributed by atoms with Gasteiger partial charge in [-0.1, -0.05) is 23.7 Å². The Morgan fingerprint density at radius 3 is 2.82 bits per heavy atom. The largest absolute Gasteiger partial charge is 0.396 e. The fraction of sp³-hybridized carbons (Fsp3) is 0.417. The van der Waals surface area contributed by atoms with Crippen molar-refractivity contribution in [2.24, 2.45) is 5.92 Å². The Hall–Kier alpha value is -1.10. The van der Waals surface area contributed by atoms with Crippen molar-refractivity contribution in [3.63, 3.8) is 0 Å². The Labute approximate surface area is 105 Å². The number of nitrogens with one attached hydrogen (secondary N) is 1. The molecule has 2 rings (SSSR count). The van der Waals surface area contributed by atoms with Crippen LogP contribution in [0.2, 0.25) is 5.02 Å². The van der Waals surface area contributed by atoms with Crippen molar-refractivity contribution in [2.45, 2.75) is 0 Å². The minimum absolute atomic E-state index is 0.0745. The summed E-state index contributed by atoms with van der Waals surface area (Å²) in [6.07, 6.45) is 0. The molecule has 0 radical (unpaired) electrons. The van der Waals surface area contributed by atoms with Crippen molar-refractivity contribution in [2.75, 3.05) is 31.6 Å². The highest BCUT2D eigenvalue weighted by atomic mass is 35.5. The summed E-state index contributed by atoms with van der Waals surface area (Å²) in [6, 6.07) is 7.15. The van der Waals surface area contributed by atoms with Crippen LogP contribution in [0.5, 0.6) is 0 Å². The molecule has 0 atom stereocenters. The van der Waals surface area contributed by atoms with Crippen LogP contribution in [0.15, 0.2) is 24.3 Å². The lowest BCUT2D eigenvalue weighted by molar-refractivity contribution is -0.119. The van der Waals surface area contributed by atoms with Crippen LogP contribution in [0.25, 0.3) is 0 Å². The van der Waals surface area contributed by atoms with Gasteiger partial charge in [-0.15, -0.1) is 0 Å². The number of nitrogens with zero attached hydrogens (tertiary/aromatic N) is 1. The highest BCUT2D eigenvalue weighted by molar-refractivity contribution is 6.33. The molecule has 17 heavy (non-hydrogen) atoms. The Morgan fingerprint density at radius 2 is 2.18 bits per heavy atom. The zero-order chi connectivity index (χ0) is 12.3. The molecule has 1 fully saturated rings. The number of aliphatic hydroxyl groups is 1. The number of benzene rings is 1. The lowest BCUT2D eigenvalue weighted by Crippen LogP contribution is -2.51. The average Bonchev–Trinajstić information content (AvgIpc) is 2.26. The summed E-state index contributed by atoms with van der Waals surface area (Å²) < 4.78 is 0. The van der Waals surface area contributed by atoms with Gasteiger partial charge in [-0.3, -0.25) is 9.69 Å². The van der Waals surface area contributed by atoms with Crippen molar-refractivity contribution in [1.29, 1.82) is 0 Å². The van der Waals surface area contributed by atoms with Crippen LogP contribution in [0, 0.1) is 5.92 Å². The third-order valence-electron chi connectivity index (χ3n) is 2.81. The normalized spacial score (nSPS) is 16.6. The van der Waals surface area contributed by atoms with E-state index in [1.54, 1.807) is 12.1 Å². The third-order valence-corrected chi connectivity index (χ3v) is 3.14. The van der Waals surface area contributed by atoms with Gasteiger partial charge in [0.2, 0.25) is 5.91 Å². The number of anilines is 1. The van der Waals surface area contributed by atoms with Gasteiger partial charge in [-0.05, 0) is 12.1 Å². The van der Waals surface area contributed by atoms with Crippen LogP contribution in [-0.4, -0.2) is 42.2 Å². The van der Waals surface area contributed by atoms with E-state index in [0.717, 1.165) is 13.1 Å². The highest BCUT2D eigenvalue weighted by Crippen LogP contribution is 2.20. The quantitative estimate of drug-likeness (QED) is 0.849. The third kappa shape index (κ3) is 3.19. The molecule has 1 amide bonds. The first kappa shape index (κ1) is 12.4. The molecule has 2 N–H and O–H groups in total. The molecule has 5 heteroatoms. The van der Waals surface area contributed by atoms with Crippen LogP contribution >= 0.6 is 11.6 Å². The first-order chi connectivity index (χ1) is 8.19.